The van der Waals surface area contributed by atoms with Crippen molar-refractivity contribution in [1.82, 2.24) is 9.88 Å². The molecule has 2 nitrogen and oxygen atoms in total. The van der Waals surface area contributed by atoms with Crippen LogP contribution in [0.4, 0.5) is 0 Å². The number of para-hydroxylation sites is 1. The lowest BCUT2D eigenvalue weighted by molar-refractivity contribution is 0.338. The summed E-state index contributed by atoms with van der Waals surface area (Å²) in [5, 5.41) is 1.29. The number of rotatable bonds is 8. The maximum absolute atomic E-state index is 4.48. The molecule has 1 heterocycles. The SMILES string of the molecule is C=CCN(CC=C)CCc1[nH]c2ccccc2c1CS. The molecule has 1 aromatic carbocycles. The average Bonchev–Trinajstić information content (AvgIpc) is 2.82. The van der Waals surface area contributed by atoms with E-state index in [9.17, 15) is 0 Å². The first kappa shape index (κ1) is 14.9. The molecule has 0 aliphatic rings. The summed E-state index contributed by atoms with van der Waals surface area (Å²) in [5.41, 5.74) is 3.81. The number of hydrogen-bond donors (Lipinski definition) is 2. The molecule has 0 fully saturated rings. The summed E-state index contributed by atoms with van der Waals surface area (Å²) in [6.45, 7) is 10.4. The molecule has 0 saturated heterocycles. The molecule has 0 saturated carbocycles. The van der Waals surface area contributed by atoms with Crippen molar-refractivity contribution in [2.24, 2.45) is 0 Å². The molecule has 0 radical (unpaired) electrons. The van der Waals surface area contributed by atoms with Gasteiger partial charge in [0.2, 0.25) is 0 Å². The molecule has 0 aliphatic carbocycles. The van der Waals surface area contributed by atoms with Gasteiger partial charge in [-0.2, -0.15) is 12.6 Å². The Morgan fingerprint density at radius 2 is 1.85 bits per heavy atom. The van der Waals surface area contributed by atoms with Gasteiger partial charge in [0.05, 0.1) is 0 Å². The van der Waals surface area contributed by atoms with Crippen LogP contribution in [0.3, 0.4) is 0 Å². The Hall–Kier alpha value is -1.45. The Labute approximate surface area is 126 Å². The fourth-order valence-corrected chi connectivity index (χ4v) is 2.90. The second kappa shape index (κ2) is 7.36. The lowest BCUT2D eigenvalue weighted by Crippen LogP contribution is -2.26. The van der Waals surface area contributed by atoms with Gasteiger partial charge in [-0.15, -0.1) is 13.2 Å². The zero-order chi connectivity index (χ0) is 14.4. The minimum atomic E-state index is 0.766. The van der Waals surface area contributed by atoms with E-state index in [1.54, 1.807) is 0 Å². The number of aromatic nitrogens is 1. The number of fused-ring (bicyclic) bond motifs is 1. The number of nitrogens with one attached hydrogen (secondary N) is 1. The van der Waals surface area contributed by atoms with Crippen molar-refractivity contribution >= 4 is 23.5 Å². The number of thiol groups is 1. The zero-order valence-corrected chi connectivity index (χ0v) is 12.7. The fourth-order valence-electron chi connectivity index (χ4n) is 2.54. The first-order chi connectivity index (χ1) is 9.80. The van der Waals surface area contributed by atoms with Crippen LogP contribution in [0.25, 0.3) is 10.9 Å². The van der Waals surface area contributed by atoms with Crippen LogP contribution < -0.4 is 0 Å². The van der Waals surface area contributed by atoms with Gasteiger partial charge < -0.3 is 4.98 Å². The molecule has 2 rings (SSSR count). The van der Waals surface area contributed by atoms with Crippen molar-refractivity contribution < 1.29 is 0 Å². The molecule has 0 bridgehead atoms. The Balaban J connectivity index is 2.16. The van der Waals surface area contributed by atoms with Crippen LogP contribution in [0.15, 0.2) is 49.6 Å². The normalized spacial score (nSPS) is 11.1. The van der Waals surface area contributed by atoms with E-state index >= 15 is 0 Å². The molecular weight excluding hydrogens is 264 g/mol. The second-order valence-corrected chi connectivity index (χ2v) is 5.19. The predicted octanol–water partition coefficient (Wildman–Crippen LogP) is 3.81. The maximum Gasteiger partial charge on any atom is 0.0459 e. The van der Waals surface area contributed by atoms with E-state index in [1.807, 2.05) is 12.2 Å². The van der Waals surface area contributed by atoms with Gasteiger partial charge in [0.1, 0.15) is 0 Å². The van der Waals surface area contributed by atoms with Crippen molar-refractivity contribution in [3.8, 4) is 0 Å². The standard InChI is InChI=1S/C17H22N2S/c1-3-10-19(11-4-2)12-9-17-15(13-20)14-7-5-6-8-16(14)18-17/h3-8,18,20H,1-2,9-13H2. The number of hydrogen-bond acceptors (Lipinski definition) is 2. The van der Waals surface area contributed by atoms with Gasteiger partial charge in [0, 0.05) is 48.4 Å². The van der Waals surface area contributed by atoms with Crippen LogP contribution in [0.1, 0.15) is 11.3 Å². The molecule has 3 heteroatoms. The van der Waals surface area contributed by atoms with Crippen LogP contribution >= 0.6 is 12.6 Å². The second-order valence-electron chi connectivity index (χ2n) is 4.87. The summed E-state index contributed by atoms with van der Waals surface area (Å²) in [4.78, 5) is 5.85. The summed E-state index contributed by atoms with van der Waals surface area (Å²) in [7, 11) is 0. The Morgan fingerprint density at radius 1 is 1.15 bits per heavy atom. The summed E-state index contributed by atoms with van der Waals surface area (Å²) in [6.07, 6.45) is 4.87. The number of H-pyrrole nitrogens is 1. The van der Waals surface area contributed by atoms with Crippen LogP contribution in [0.5, 0.6) is 0 Å². The minimum absolute atomic E-state index is 0.766. The largest absolute Gasteiger partial charge is 0.358 e. The lowest BCUT2D eigenvalue weighted by atomic mass is 10.1. The fraction of sp³-hybridized carbons (Fsp3) is 0.294. The highest BCUT2D eigenvalue weighted by molar-refractivity contribution is 7.79. The number of nitrogens with zero attached hydrogens (tertiary/aromatic N) is 1. The van der Waals surface area contributed by atoms with Gasteiger partial charge in [0.25, 0.3) is 0 Å². The van der Waals surface area contributed by atoms with E-state index in [2.05, 4.69) is 59.9 Å². The maximum atomic E-state index is 4.48. The summed E-state index contributed by atoms with van der Waals surface area (Å²) < 4.78 is 0. The first-order valence-electron chi connectivity index (χ1n) is 6.93. The molecule has 1 N–H and O–H groups in total. The molecule has 20 heavy (non-hydrogen) atoms. The highest BCUT2D eigenvalue weighted by atomic mass is 32.1. The predicted molar refractivity (Wildman–Crippen MR) is 91.5 cm³/mol. The van der Waals surface area contributed by atoms with Gasteiger partial charge >= 0.3 is 0 Å². The third-order valence-corrected chi connectivity index (χ3v) is 3.83. The van der Waals surface area contributed by atoms with Gasteiger partial charge in [-0.05, 0) is 11.6 Å². The van der Waals surface area contributed by atoms with Crippen LogP contribution in [-0.4, -0.2) is 29.5 Å². The van der Waals surface area contributed by atoms with Crippen molar-refractivity contribution in [3.05, 3.63) is 60.8 Å². The van der Waals surface area contributed by atoms with E-state index in [0.29, 0.717) is 0 Å². The highest BCUT2D eigenvalue weighted by Crippen LogP contribution is 2.24. The summed E-state index contributed by atoms with van der Waals surface area (Å²) >= 11 is 4.48. The minimum Gasteiger partial charge on any atom is -0.358 e. The van der Waals surface area contributed by atoms with E-state index in [0.717, 1.165) is 31.8 Å². The van der Waals surface area contributed by atoms with Crippen LogP contribution in [0, 0.1) is 0 Å². The smallest absolute Gasteiger partial charge is 0.0459 e. The Morgan fingerprint density at radius 3 is 2.50 bits per heavy atom. The average molecular weight is 286 g/mol. The molecule has 0 atom stereocenters. The zero-order valence-electron chi connectivity index (χ0n) is 11.8. The Kier molecular flexibility index (Phi) is 5.50. The molecular formula is C17H22N2S. The molecule has 0 aliphatic heterocycles. The Bertz CT molecular complexity index is 576. The molecule has 106 valence electrons. The highest BCUT2D eigenvalue weighted by Gasteiger charge is 2.10. The van der Waals surface area contributed by atoms with Crippen molar-refractivity contribution in [2.45, 2.75) is 12.2 Å². The quantitative estimate of drug-likeness (QED) is 0.558. The summed E-state index contributed by atoms with van der Waals surface area (Å²) in [5.74, 6) is 0.766. The van der Waals surface area contributed by atoms with Crippen molar-refractivity contribution in [3.63, 3.8) is 0 Å². The number of benzene rings is 1. The van der Waals surface area contributed by atoms with Gasteiger partial charge in [0.15, 0.2) is 0 Å². The first-order valence-corrected chi connectivity index (χ1v) is 7.56. The van der Waals surface area contributed by atoms with Gasteiger partial charge in [-0.1, -0.05) is 30.4 Å². The van der Waals surface area contributed by atoms with E-state index in [-0.39, 0.29) is 0 Å². The van der Waals surface area contributed by atoms with Gasteiger partial charge in [-0.25, -0.2) is 0 Å². The van der Waals surface area contributed by atoms with Crippen LogP contribution in [0.2, 0.25) is 0 Å². The monoisotopic (exact) mass is 286 g/mol. The molecule has 2 aromatic rings. The van der Waals surface area contributed by atoms with Crippen molar-refractivity contribution in [2.75, 3.05) is 19.6 Å². The van der Waals surface area contributed by atoms with Gasteiger partial charge in [-0.3, -0.25) is 4.90 Å². The topological polar surface area (TPSA) is 19.0 Å². The third kappa shape index (κ3) is 3.35. The lowest BCUT2D eigenvalue weighted by Gasteiger charge is -2.18. The van der Waals surface area contributed by atoms with E-state index in [1.165, 1.54) is 22.2 Å². The molecule has 0 amide bonds. The third-order valence-electron chi connectivity index (χ3n) is 3.51. The van der Waals surface area contributed by atoms with E-state index < -0.39 is 0 Å². The van der Waals surface area contributed by atoms with Crippen LogP contribution in [-0.2, 0) is 12.2 Å². The molecule has 0 unspecified atom stereocenters. The van der Waals surface area contributed by atoms with E-state index in [4.69, 9.17) is 0 Å². The molecule has 0 spiro atoms. The van der Waals surface area contributed by atoms with Crippen molar-refractivity contribution in [1.29, 1.82) is 0 Å². The molecule has 1 aromatic heterocycles. The summed E-state index contributed by atoms with van der Waals surface area (Å²) in [6, 6.07) is 8.42. The number of aromatic amines is 1.